The Bertz CT molecular complexity index is 1180. The molecule has 1 aliphatic carbocycles. The molecule has 8 nitrogen and oxygen atoms in total. The molecule has 0 bridgehead atoms. The summed E-state index contributed by atoms with van der Waals surface area (Å²) in [6, 6.07) is 12.2. The molecule has 0 aromatic heterocycles. The third-order valence-electron chi connectivity index (χ3n) is 5.40. The van der Waals surface area contributed by atoms with Gasteiger partial charge in [0.05, 0.1) is 20.3 Å². The van der Waals surface area contributed by atoms with Crippen LogP contribution < -0.4 is 30.2 Å². The second-order valence-corrected chi connectivity index (χ2v) is 8.40. The summed E-state index contributed by atoms with van der Waals surface area (Å²) in [4.78, 5) is 25.5. The number of benzene rings is 2. The van der Waals surface area contributed by atoms with E-state index in [2.05, 4.69) is 16.0 Å². The maximum absolute atomic E-state index is 13.0. The lowest BCUT2D eigenvalue weighted by Crippen LogP contribution is -2.40. The highest BCUT2D eigenvalue weighted by atomic mass is 32.1. The molecule has 0 saturated heterocycles. The van der Waals surface area contributed by atoms with Crippen molar-refractivity contribution >= 4 is 29.1 Å². The van der Waals surface area contributed by atoms with E-state index >= 15 is 0 Å². The molecule has 0 fully saturated rings. The van der Waals surface area contributed by atoms with Gasteiger partial charge in [0.2, 0.25) is 5.75 Å². The van der Waals surface area contributed by atoms with E-state index in [1.165, 1.54) is 7.11 Å². The van der Waals surface area contributed by atoms with Crippen LogP contribution in [0.1, 0.15) is 47.9 Å². The van der Waals surface area contributed by atoms with E-state index in [9.17, 15) is 9.59 Å². The van der Waals surface area contributed by atoms with Crippen molar-refractivity contribution in [3.05, 3.63) is 77.1 Å². The average molecular weight is 510 g/mol. The normalized spacial score (nSPS) is 14.6. The molecule has 1 unspecified atom stereocenters. The molecule has 3 rings (SSSR count). The number of rotatable bonds is 9. The van der Waals surface area contributed by atoms with Crippen molar-refractivity contribution in [3.63, 3.8) is 0 Å². The van der Waals surface area contributed by atoms with Crippen molar-refractivity contribution in [2.75, 3.05) is 20.3 Å². The van der Waals surface area contributed by atoms with Crippen LogP contribution in [0.4, 0.5) is 0 Å². The zero-order valence-corrected chi connectivity index (χ0v) is 21.7. The molecule has 9 heteroatoms. The van der Waals surface area contributed by atoms with Gasteiger partial charge in [0, 0.05) is 22.5 Å². The zero-order valence-electron chi connectivity index (χ0n) is 20.8. The van der Waals surface area contributed by atoms with Crippen LogP contribution in [-0.2, 0) is 0 Å². The van der Waals surface area contributed by atoms with Crippen LogP contribution in [0.5, 0.6) is 17.2 Å². The molecule has 0 heterocycles. The second kappa shape index (κ2) is 12.7. The molecule has 2 aromatic rings. The molecule has 2 amide bonds. The number of thiocarbonyl (C=S) groups is 1. The molecule has 2 aromatic carbocycles. The number of hydrogen-bond donors (Lipinski definition) is 3. The number of carbonyl (C=O) groups is 2. The van der Waals surface area contributed by atoms with Crippen molar-refractivity contribution in [1.82, 2.24) is 16.0 Å². The first-order chi connectivity index (χ1) is 17.4. The topological polar surface area (TPSA) is 97.9 Å². The average Bonchev–Trinajstić information content (AvgIpc) is 2.87. The first-order valence-corrected chi connectivity index (χ1v) is 12.1. The molecule has 1 atom stereocenters. The van der Waals surface area contributed by atoms with Crippen LogP contribution in [0.25, 0.3) is 0 Å². The first kappa shape index (κ1) is 26.7. The minimum absolute atomic E-state index is 0.118. The number of carbonyl (C=O) groups excluding carboxylic acids is 2. The van der Waals surface area contributed by atoms with Gasteiger partial charge in [0.15, 0.2) is 16.6 Å². The van der Waals surface area contributed by atoms with Crippen molar-refractivity contribution in [1.29, 1.82) is 0 Å². The molecule has 0 saturated carbocycles. The summed E-state index contributed by atoms with van der Waals surface area (Å²) >= 11 is 5.40. The van der Waals surface area contributed by atoms with Crippen molar-refractivity contribution in [3.8, 4) is 17.2 Å². The summed E-state index contributed by atoms with van der Waals surface area (Å²) in [6.07, 6.45) is 4.48. The van der Waals surface area contributed by atoms with Gasteiger partial charge in [0.25, 0.3) is 11.8 Å². The highest BCUT2D eigenvalue weighted by Crippen LogP contribution is 2.38. The van der Waals surface area contributed by atoms with Crippen LogP contribution in [0, 0.1) is 5.92 Å². The van der Waals surface area contributed by atoms with Gasteiger partial charge in [-0.05, 0) is 68.7 Å². The minimum Gasteiger partial charge on any atom is -0.493 e. The molecule has 0 spiro atoms. The highest BCUT2D eigenvalue weighted by molar-refractivity contribution is 7.80. The summed E-state index contributed by atoms with van der Waals surface area (Å²) in [5.41, 5.74) is 2.32. The van der Waals surface area contributed by atoms with Gasteiger partial charge in [-0.25, -0.2) is 0 Å². The standard InChI is InChI=1S/C27H31N3O5S/c1-5-34-23-15-19(14-22(33-4)24(23)35-6-2)26(32)30-27(36)29-21-16-20(13-12-17(21)3)28-25(31)18-10-8-7-9-11-18/h7-11,13-17H,5-6,12H2,1-4H3,(H,28,31)(H2,29,30,32,36). The Kier molecular flexibility index (Phi) is 9.46. The molecule has 3 N–H and O–H groups in total. The largest absolute Gasteiger partial charge is 0.493 e. The molecule has 0 aliphatic heterocycles. The summed E-state index contributed by atoms with van der Waals surface area (Å²) in [7, 11) is 1.50. The lowest BCUT2D eigenvalue weighted by molar-refractivity contribution is 0.0962. The van der Waals surface area contributed by atoms with E-state index in [1.807, 2.05) is 51.1 Å². The third-order valence-corrected chi connectivity index (χ3v) is 5.61. The van der Waals surface area contributed by atoms with Gasteiger partial charge in [0.1, 0.15) is 0 Å². The van der Waals surface area contributed by atoms with E-state index in [-0.39, 0.29) is 16.9 Å². The van der Waals surface area contributed by atoms with E-state index in [0.717, 1.165) is 5.70 Å². The van der Waals surface area contributed by atoms with E-state index < -0.39 is 5.91 Å². The number of amides is 2. The van der Waals surface area contributed by atoms with E-state index in [4.69, 9.17) is 26.4 Å². The van der Waals surface area contributed by atoms with Crippen molar-refractivity contribution < 1.29 is 23.8 Å². The predicted octanol–water partition coefficient (Wildman–Crippen LogP) is 4.33. The highest BCUT2D eigenvalue weighted by Gasteiger charge is 2.20. The smallest absolute Gasteiger partial charge is 0.257 e. The first-order valence-electron chi connectivity index (χ1n) is 11.7. The number of methoxy groups -OCH3 is 1. The molecule has 0 radical (unpaired) electrons. The Balaban J connectivity index is 1.69. The third kappa shape index (κ3) is 6.85. The lowest BCUT2D eigenvalue weighted by Gasteiger charge is -2.23. The fourth-order valence-electron chi connectivity index (χ4n) is 3.58. The molecular weight excluding hydrogens is 478 g/mol. The molecule has 36 heavy (non-hydrogen) atoms. The van der Waals surface area contributed by atoms with Gasteiger partial charge < -0.3 is 24.8 Å². The summed E-state index contributed by atoms with van der Waals surface area (Å²) in [6.45, 7) is 6.55. The van der Waals surface area contributed by atoms with E-state index in [1.54, 1.807) is 24.3 Å². The fraction of sp³-hybridized carbons (Fsp3) is 0.296. The number of hydrogen-bond acceptors (Lipinski definition) is 6. The Morgan fingerprint density at radius 1 is 0.972 bits per heavy atom. The molecule has 190 valence electrons. The fourth-order valence-corrected chi connectivity index (χ4v) is 3.80. The number of nitrogens with one attached hydrogen (secondary N) is 3. The summed E-state index contributed by atoms with van der Waals surface area (Å²) in [5.74, 6) is 0.739. The van der Waals surface area contributed by atoms with Gasteiger partial charge >= 0.3 is 0 Å². The maximum atomic E-state index is 13.0. The molecule has 1 aliphatic rings. The Hall–Kier alpha value is -3.85. The number of allylic oxidation sites excluding steroid dienone is 3. The van der Waals surface area contributed by atoms with Crippen LogP contribution in [0.2, 0.25) is 0 Å². The summed E-state index contributed by atoms with van der Waals surface area (Å²) in [5, 5.41) is 8.84. The van der Waals surface area contributed by atoms with Crippen LogP contribution in [0.15, 0.2) is 66.0 Å². The quantitative estimate of drug-likeness (QED) is 0.433. The number of ether oxygens (including phenoxy) is 3. The Morgan fingerprint density at radius 2 is 1.67 bits per heavy atom. The summed E-state index contributed by atoms with van der Waals surface area (Å²) < 4.78 is 16.7. The van der Waals surface area contributed by atoms with Crippen LogP contribution >= 0.6 is 12.2 Å². The van der Waals surface area contributed by atoms with E-state index in [0.29, 0.717) is 53.7 Å². The monoisotopic (exact) mass is 509 g/mol. The zero-order chi connectivity index (χ0) is 26.1. The van der Waals surface area contributed by atoms with Crippen LogP contribution in [-0.4, -0.2) is 37.3 Å². The second-order valence-electron chi connectivity index (χ2n) is 8.00. The lowest BCUT2D eigenvalue weighted by atomic mass is 9.97. The van der Waals surface area contributed by atoms with Gasteiger partial charge in [-0.3, -0.25) is 14.9 Å². The maximum Gasteiger partial charge on any atom is 0.257 e. The van der Waals surface area contributed by atoms with Crippen molar-refractivity contribution in [2.45, 2.75) is 27.2 Å². The van der Waals surface area contributed by atoms with Gasteiger partial charge in [-0.15, -0.1) is 0 Å². The van der Waals surface area contributed by atoms with Gasteiger partial charge in [-0.2, -0.15) is 0 Å². The van der Waals surface area contributed by atoms with Crippen LogP contribution in [0.3, 0.4) is 0 Å². The van der Waals surface area contributed by atoms with Gasteiger partial charge in [-0.1, -0.05) is 31.2 Å². The SMILES string of the molecule is CCOc1cc(C(=O)NC(=S)NC2=CC(NC(=O)c3ccccc3)=CCC2C)cc(OC)c1OCC. The molecular formula is C27H31N3O5S. The minimum atomic E-state index is -0.424. The Labute approximate surface area is 216 Å². The Morgan fingerprint density at radius 3 is 2.33 bits per heavy atom. The predicted molar refractivity (Wildman–Crippen MR) is 142 cm³/mol. The van der Waals surface area contributed by atoms with Crippen molar-refractivity contribution in [2.24, 2.45) is 5.92 Å².